The van der Waals surface area contributed by atoms with Crippen LogP contribution in [-0.2, 0) is 21.4 Å². The molecule has 2 aliphatic rings. The van der Waals surface area contributed by atoms with Crippen LogP contribution in [-0.4, -0.2) is 65.7 Å². The lowest BCUT2D eigenvalue weighted by molar-refractivity contribution is -0.136. The minimum atomic E-state index is -3.63. The number of piperidine rings is 1. The van der Waals surface area contributed by atoms with Gasteiger partial charge < -0.3 is 14.8 Å². The molecule has 2 aromatic heterocycles. The zero-order chi connectivity index (χ0) is 25.8. The number of aryl methyl sites for hydroxylation is 1. The second kappa shape index (κ2) is 9.07. The number of carbonyl (C=O) groups is 1. The second-order valence-electron chi connectivity index (χ2n) is 9.46. The number of aromatic nitrogens is 3. The number of sulfonamides is 1. The van der Waals surface area contributed by atoms with E-state index in [1.807, 2.05) is 0 Å². The van der Waals surface area contributed by atoms with Crippen molar-refractivity contribution >= 4 is 32.8 Å². The normalized spacial score (nSPS) is 22.3. The van der Waals surface area contributed by atoms with E-state index in [4.69, 9.17) is 4.98 Å². The van der Waals surface area contributed by atoms with Crippen LogP contribution < -0.4 is 10.0 Å². The summed E-state index contributed by atoms with van der Waals surface area (Å²) in [6.45, 7) is 4.47. The third-order valence-electron chi connectivity index (χ3n) is 7.18. The van der Waals surface area contributed by atoms with Crippen LogP contribution in [0.3, 0.4) is 0 Å². The number of nitrogens with zero attached hydrogens (tertiary/aromatic N) is 4. The zero-order valence-electron chi connectivity index (χ0n) is 20.3. The molecule has 1 amide bonds. The molecule has 0 bridgehead atoms. The number of imidazole rings is 1. The molecule has 2 N–H and O–H groups in total. The van der Waals surface area contributed by atoms with E-state index in [9.17, 15) is 22.0 Å². The topological polar surface area (TPSA) is 109 Å². The molecule has 3 atom stereocenters. The Bertz CT molecular complexity index is 1460. The molecule has 9 nitrogen and oxygen atoms in total. The van der Waals surface area contributed by atoms with Crippen molar-refractivity contribution < 1.29 is 22.0 Å². The molecule has 192 valence electrons. The molecule has 0 radical (unpaired) electrons. The van der Waals surface area contributed by atoms with Gasteiger partial charge in [-0.15, -0.1) is 0 Å². The number of carbonyl (C=O) groups excluding carboxylic acids is 1. The molecule has 0 aliphatic carbocycles. The first-order valence-corrected chi connectivity index (χ1v) is 13.5. The molecule has 2 fully saturated rings. The number of fused-ring (bicyclic) bond motifs is 2. The molecular weight excluding hydrogens is 490 g/mol. The van der Waals surface area contributed by atoms with Crippen LogP contribution in [0.4, 0.5) is 14.5 Å². The maximum absolute atomic E-state index is 14.5. The Morgan fingerprint density at radius 1 is 1.22 bits per heavy atom. The lowest BCUT2D eigenvalue weighted by Gasteiger charge is -2.38. The Labute approximate surface area is 208 Å². The van der Waals surface area contributed by atoms with Gasteiger partial charge in [0.15, 0.2) is 5.65 Å². The van der Waals surface area contributed by atoms with Gasteiger partial charge in [-0.05, 0) is 44.9 Å². The number of pyridine rings is 1. The lowest BCUT2D eigenvalue weighted by Crippen LogP contribution is -2.53. The van der Waals surface area contributed by atoms with Crippen molar-refractivity contribution in [2.24, 2.45) is 5.92 Å². The number of likely N-dealkylation sites (N-methyl/N-ethyl adjacent to an activating group) is 1. The van der Waals surface area contributed by atoms with E-state index in [2.05, 4.69) is 15.0 Å². The summed E-state index contributed by atoms with van der Waals surface area (Å²) < 4.78 is 57.3. The second-order valence-corrected chi connectivity index (χ2v) is 11.5. The summed E-state index contributed by atoms with van der Waals surface area (Å²) in [5.74, 6) is -1.06. The average molecular weight is 519 g/mol. The predicted molar refractivity (Wildman–Crippen MR) is 131 cm³/mol. The van der Waals surface area contributed by atoms with Crippen LogP contribution in [0.25, 0.3) is 11.2 Å². The van der Waals surface area contributed by atoms with Crippen LogP contribution in [0.15, 0.2) is 24.3 Å². The third kappa shape index (κ3) is 4.32. The first-order valence-electron chi connectivity index (χ1n) is 11.9. The molecular formula is C24H28F2N6O3S. The fourth-order valence-corrected chi connectivity index (χ4v) is 5.87. The molecule has 3 aromatic rings. The Kier molecular flexibility index (Phi) is 6.19. The molecule has 4 heterocycles. The average Bonchev–Trinajstić information content (AvgIpc) is 3.43. The summed E-state index contributed by atoms with van der Waals surface area (Å²) in [5, 5.41) is 3.28. The number of rotatable bonds is 6. The van der Waals surface area contributed by atoms with E-state index in [1.165, 1.54) is 12.1 Å². The molecule has 12 heteroatoms. The predicted octanol–water partition coefficient (Wildman–Crippen LogP) is 2.36. The van der Waals surface area contributed by atoms with Gasteiger partial charge in [0.05, 0.1) is 29.7 Å². The molecule has 2 aliphatic heterocycles. The van der Waals surface area contributed by atoms with Gasteiger partial charge in [0.2, 0.25) is 15.9 Å². The zero-order valence-corrected chi connectivity index (χ0v) is 21.1. The first kappa shape index (κ1) is 24.6. The van der Waals surface area contributed by atoms with Crippen molar-refractivity contribution in [2.75, 3.05) is 30.6 Å². The standard InChI is InChI=1S/C24H28F2N6O3S/c1-4-36(34,35)30-20-10-19(17-12-31(3)24(33)21-16(17)7-8-27-21)29-23-22(20)28-13(2)32(23)11-14-5-6-15(25)9-18(14)26/h5-6,9-10,16-17,21,27H,4,7-8,11-12H2,1-3H3,(H,29,30). The maximum atomic E-state index is 14.5. The number of hydrogen-bond donors (Lipinski definition) is 2. The minimum absolute atomic E-state index is 0.0151. The Morgan fingerprint density at radius 2 is 2.00 bits per heavy atom. The Balaban J connectivity index is 1.66. The Morgan fingerprint density at radius 3 is 2.72 bits per heavy atom. The van der Waals surface area contributed by atoms with Crippen molar-refractivity contribution in [1.29, 1.82) is 0 Å². The monoisotopic (exact) mass is 518 g/mol. The number of benzene rings is 1. The van der Waals surface area contributed by atoms with Crippen LogP contribution in [0.2, 0.25) is 0 Å². The van der Waals surface area contributed by atoms with Gasteiger partial charge in [-0.1, -0.05) is 6.07 Å². The van der Waals surface area contributed by atoms with Gasteiger partial charge in [-0.2, -0.15) is 0 Å². The molecule has 2 saturated heterocycles. The highest BCUT2D eigenvalue weighted by molar-refractivity contribution is 7.92. The molecule has 3 unspecified atom stereocenters. The highest BCUT2D eigenvalue weighted by Gasteiger charge is 2.45. The number of likely N-dealkylation sites (tertiary alicyclic amines) is 1. The van der Waals surface area contributed by atoms with Crippen LogP contribution in [0.1, 0.15) is 36.3 Å². The van der Waals surface area contributed by atoms with Crippen LogP contribution in [0.5, 0.6) is 0 Å². The Hall–Kier alpha value is -3.12. The van der Waals surface area contributed by atoms with E-state index in [0.29, 0.717) is 41.5 Å². The summed E-state index contributed by atoms with van der Waals surface area (Å²) in [5.41, 5.74) is 1.92. The number of amides is 1. The van der Waals surface area contributed by atoms with Gasteiger partial charge >= 0.3 is 0 Å². The number of anilines is 1. The highest BCUT2D eigenvalue weighted by Crippen LogP contribution is 2.39. The lowest BCUT2D eigenvalue weighted by atomic mass is 9.80. The number of nitrogens with one attached hydrogen (secondary N) is 2. The highest BCUT2D eigenvalue weighted by atomic mass is 32.2. The van der Waals surface area contributed by atoms with Crippen molar-refractivity contribution in [3.05, 3.63) is 53.0 Å². The van der Waals surface area contributed by atoms with Crippen molar-refractivity contribution in [3.63, 3.8) is 0 Å². The smallest absolute Gasteiger partial charge is 0.239 e. The quantitative estimate of drug-likeness (QED) is 0.519. The SMILES string of the molecule is CCS(=O)(=O)Nc1cc(C2CN(C)C(=O)C3NCCC32)nc2c1nc(C)n2Cc1ccc(F)cc1F. The van der Waals surface area contributed by atoms with Gasteiger partial charge in [-0.25, -0.2) is 27.2 Å². The van der Waals surface area contributed by atoms with E-state index >= 15 is 0 Å². The maximum Gasteiger partial charge on any atom is 0.239 e. The largest absolute Gasteiger partial charge is 0.344 e. The molecule has 36 heavy (non-hydrogen) atoms. The van der Waals surface area contributed by atoms with E-state index < -0.39 is 21.7 Å². The van der Waals surface area contributed by atoms with Gasteiger partial charge in [0, 0.05) is 31.1 Å². The van der Waals surface area contributed by atoms with Gasteiger partial charge in [-0.3, -0.25) is 9.52 Å². The van der Waals surface area contributed by atoms with E-state index in [1.54, 1.807) is 36.4 Å². The summed E-state index contributed by atoms with van der Waals surface area (Å²) in [7, 11) is -1.88. The van der Waals surface area contributed by atoms with Crippen LogP contribution >= 0.6 is 0 Å². The van der Waals surface area contributed by atoms with Gasteiger partial charge in [0.25, 0.3) is 0 Å². The number of hydrogen-bond acceptors (Lipinski definition) is 6. The summed E-state index contributed by atoms with van der Waals surface area (Å²) in [6.07, 6.45) is 0.795. The fraction of sp³-hybridized carbons (Fsp3) is 0.458. The summed E-state index contributed by atoms with van der Waals surface area (Å²) in [4.78, 5) is 23.8. The minimum Gasteiger partial charge on any atom is -0.344 e. The van der Waals surface area contributed by atoms with E-state index in [-0.39, 0.29) is 41.6 Å². The fourth-order valence-electron chi connectivity index (χ4n) is 5.23. The molecule has 0 spiro atoms. The summed E-state index contributed by atoms with van der Waals surface area (Å²) in [6, 6.07) is 4.77. The number of halogens is 2. The van der Waals surface area contributed by atoms with Gasteiger partial charge in [0.1, 0.15) is 23.0 Å². The molecule has 5 rings (SSSR count). The summed E-state index contributed by atoms with van der Waals surface area (Å²) >= 11 is 0. The van der Waals surface area contributed by atoms with Crippen molar-refractivity contribution in [2.45, 2.75) is 38.8 Å². The van der Waals surface area contributed by atoms with E-state index in [0.717, 1.165) is 12.5 Å². The first-order chi connectivity index (χ1) is 17.1. The van der Waals surface area contributed by atoms with Crippen molar-refractivity contribution in [1.82, 2.24) is 24.8 Å². The molecule has 1 aromatic carbocycles. The van der Waals surface area contributed by atoms with Crippen molar-refractivity contribution in [3.8, 4) is 0 Å². The molecule has 0 saturated carbocycles. The van der Waals surface area contributed by atoms with Crippen LogP contribution in [0, 0.1) is 24.5 Å². The third-order valence-corrected chi connectivity index (χ3v) is 8.47.